The van der Waals surface area contributed by atoms with Crippen LogP contribution in [0.25, 0.3) is 0 Å². The fourth-order valence-corrected chi connectivity index (χ4v) is 4.54. The molecule has 1 fully saturated rings. The van der Waals surface area contributed by atoms with Crippen molar-refractivity contribution in [2.45, 2.75) is 32.6 Å². The second-order valence-corrected chi connectivity index (χ2v) is 8.23. The van der Waals surface area contributed by atoms with E-state index in [0.29, 0.717) is 25.9 Å². The molecule has 6 heteroatoms. The Kier molecular flexibility index (Phi) is 6.02. The number of hydrogen-bond acceptors (Lipinski definition) is 3. The monoisotopic (exact) mass is 409 g/mol. The van der Waals surface area contributed by atoms with Gasteiger partial charge in [0.05, 0.1) is 6.54 Å². The Morgan fingerprint density at radius 1 is 1.07 bits per heavy atom. The van der Waals surface area contributed by atoms with E-state index in [1.165, 1.54) is 6.07 Å². The summed E-state index contributed by atoms with van der Waals surface area (Å²) >= 11 is 0. The minimum Gasteiger partial charge on any atom is -0.362 e. The first-order valence-electron chi connectivity index (χ1n) is 10.7. The lowest BCUT2D eigenvalue weighted by Crippen LogP contribution is -2.46. The zero-order chi connectivity index (χ0) is 21.1. The van der Waals surface area contributed by atoms with E-state index in [2.05, 4.69) is 5.32 Å². The van der Waals surface area contributed by atoms with Gasteiger partial charge >= 0.3 is 0 Å². The molecular weight excluding hydrogens is 381 g/mol. The van der Waals surface area contributed by atoms with Crippen molar-refractivity contribution in [3.05, 3.63) is 59.4 Å². The Hall–Kier alpha value is -2.89. The molecule has 0 saturated carbocycles. The van der Waals surface area contributed by atoms with Crippen molar-refractivity contribution in [1.29, 1.82) is 0 Å². The number of anilines is 2. The summed E-state index contributed by atoms with van der Waals surface area (Å²) in [6, 6.07) is 12.7. The maximum absolute atomic E-state index is 14.2. The van der Waals surface area contributed by atoms with E-state index in [-0.39, 0.29) is 30.1 Å². The van der Waals surface area contributed by atoms with E-state index in [1.54, 1.807) is 6.07 Å². The molecule has 0 atom stereocenters. The zero-order valence-electron chi connectivity index (χ0n) is 17.4. The molecule has 0 unspecified atom stereocenters. The van der Waals surface area contributed by atoms with Gasteiger partial charge in [-0.1, -0.05) is 24.3 Å². The van der Waals surface area contributed by atoms with Crippen molar-refractivity contribution in [3.8, 4) is 0 Å². The van der Waals surface area contributed by atoms with E-state index in [1.807, 2.05) is 47.1 Å². The number of aryl methyl sites for hydroxylation is 1. The van der Waals surface area contributed by atoms with E-state index in [9.17, 15) is 14.0 Å². The van der Waals surface area contributed by atoms with E-state index in [0.717, 1.165) is 41.9 Å². The Bertz CT molecular complexity index is 924. The average Bonchev–Trinajstić information content (AvgIpc) is 2.77. The zero-order valence-corrected chi connectivity index (χ0v) is 17.4. The summed E-state index contributed by atoms with van der Waals surface area (Å²) in [6.45, 7) is 4.15. The van der Waals surface area contributed by atoms with Crippen molar-refractivity contribution < 1.29 is 14.0 Å². The highest BCUT2D eigenvalue weighted by Crippen LogP contribution is 2.32. The molecule has 2 heterocycles. The number of hydrogen-bond donors (Lipinski definition) is 1. The van der Waals surface area contributed by atoms with Gasteiger partial charge in [-0.05, 0) is 56.4 Å². The van der Waals surface area contributed by atoms with Crippen LogP contribution in [0.1, 0.15) is 30.4 Å². The molecule has 30 heavy (non-hydrogen) atoms. The maximum atomic E-state index is 14.2. The quantitative estimate of drug-likeness (QED) is 0.837. The topological polar surface area (TPSA) is 52.7 Å². The first-order chi connectivity index (χ1) is 14.5. The largest absolute Gasteiger partial charge is 0.362 e. The fourth-order valence-electron chi connectivity index (χ4n) is 4.54. The highest BCUT2D eigenvalue weighted by molar-refractivity contribution is 5.92. The van der Waals surface area contributed by atoms with Crippen LogP contribution in [0.3, 0.4) is 0 Å². The highest BCUT2D eigenvalue weighted by Gasteiger charge is 2.30. The molecule has 0 spiro atoms. The molecule has 0 radical (unpaired) electrons. The molecule has 0 aliphatic carbocycles. The number of amides is 2. The van der Waals surface area contributed by atoms with Crippen LogP contribution in [-0.4, -0.2) is 42.9 Å². The van der Waals surface area contributed by atoms with Gasteiger partial charge in [0.25, 0.3) is 0 Å². The number of likely N-dealkylation sites (tertiary alicyclic amines) is 1. The van der Waals surface area contributed by atoms with Crippen molar-refractivity contribution in [2.75, 3.05) is 36.4 Å². The lowest BCUT2D eigenvalue weighted by atomic mass is 9.95. The number of para-hydroxylation sites is 1. The summed E-state index contributed by atoms with van der Waals surface area (Å²) in [6.07, 6.45) is 2.89. The van der Waals surface area contributed by atoms with Crippen LogP contribution in [0.2, 0.25) is 0 Å². The molecule has 2 aromatic rings. The van der Waals surface area contributed by atoms with Crippen LogP contribution in [0.5, 0.6) is 0 Å². The van der Waals surface area contributed by atoms with Crippen LogP contribution in [0, 0.1) is 18.7 Å². The van der Waals surface area contributed by atoms with Crippen molar-refractivity contribution in [3.63, 3.8) is 0 Å². The Morgan fingerprint density at radius 3 is 2.53 bits per heavy atom. The number of benzene rings is 2. The average molecular weight is 410 g/mol. The number of carbonyl (C=O) groups excluding carboxylic acids is 2. The predicted octanol–water partition coefficient (Wildman–Crippen LogP) is 3.76. The third-order valence-electron chi connectivity index (χ3n) is 6.18. The molecule has 0 aromatic heterocycles. The molecule has 4 rings (SSSR count). The molecule has 158 valence electrons. The van der Waals surface area contributed by atoms with Gasteiger partial charge in [0.1, 0.15) is 5.82 Å². The van der Waals surface area contributed by atoms with Crippen molar-refractivity contribution >= 4 is 23.2 Å². The molecule has 5 nitrogen and oxygen atoms in total. The summed E-state index contributed by atoms with van der Waals surface area (Å²) in [4.78, 5) is 29.3. The minimum absolute atomic E-state index is 0.0179. The second-order valence-electron chi connectivity index (χ2n) is 8.23. The van der Waals surface area contributed by atoms with Gasteiger partial charge in [0, 0.05) is 42.5 Å². The van der Waals surface area contributed by atoms with Crippen LogP contribution >= 0.6 is 0 Å². The Morgan fingerprint density at radius 2 is 1.80 bits per heavy atom. The highest BCUT2D eigenvalue weighted by atomic mass is 19.1. The summed E-state index contributed by atoms with van der Waals surface area (Å²) in [5.41, 5.74) is 3.42. The SMILES string of the molecule is Cc1ccc(F)c2c1N(CC(=O)N1CCC(C(=O)Nc3ccccc3)CC1)CCC2. The minimum atomic E-state index is -0.182. The molecule has 2 aliphatic heterocycles. The number of piperidine rings is 1. The summed E-state index contributed by atoms with van der Waals surface area (Å²) in [5.74, 6) is -0.197. The van der Waals surface area contributed by atoms with Crippen LogP contribution in [0.4, 0.5) is 15.8 Å². The third kappa shape index (κ3) is 4.32. The van der Waals surface area contributed by atoms with Gasteiger partial charge in [-0.25, -0.2) is 4.39 Å². The third-order valence-corrected chi connectivity index (χ3v) is 6.18. The standard InChI is InChI=1S/C24H28FN3O2/c1-17-9-10-21(25)20-8-5-13-28(23(17)20)16-22(29)27-14-11-18(12-15-27)24(30)26-19-6-3-2-4-7-19/h2-4,6-7,9-10,18H,5,8,11-16H2,1H3,(H,26,30). The first-order valence-corrected chi connectivity index (χ1v) is 10.7. The molecule has 0 bridgehead atoms. The number of nitrogens with one attached hydrogen (secondary N) is 1. The van der Waals surface area contributed by atoms with Gasteiger partial charge in [0.2, 0.25) is 11.8 Å². The smallest absolute Gasteiger partial charge is 0.242 e. The lowest BCUT2D eigenvalue weighted by molar-refractivity contribution is -0.133. The second kappa shape index (κ2) is 8.86. The summed E-state index contributed by atoms with van der Waals surface area (Å²) in [7, 11) is 0. The lowest BCUT2D eigenvalue weighted by Gasteiger charge is -2.36. The summed E-state index contributed by atoms with van der Waals surface area (Å²) in [5, 5.41) is 2.96. The Labute approximate surface area is 176 Å². The fraction of sp³-hybridized carbons (Fsp3) is 0.417. The molecule has 1 saturated heterocycles. The maximum Gasteiger partial charge on any atom is 0.242 e. The molecule has 2 aliphatic rings. The van der Waals surface area contributed by atoms with Crippen LogP contribution < -0.4 is 10.2 Å². The number of rotatable bonds is 4. The molecule has 2 amide bonds. The van der Waals surface area contributed by atoms with Crippen molar-refractivity contribution in [1.82, 2.24) is 4.90 Å². The van der Waals surface area contributed by atoms with Gasteiger partial charge in [-0.2, -0.15) is 0 Å². The molecule has 2 aromatic carbocycles. The van der Waals surface area contributed by atoms with Crippen LogP contribution in [-0.2, 0) is 16.0 Å². The predicted molar refractivity (Wildman–Crippen MR) is 116 cm³/mol. The van der Waals surface area contributed by atoms with Gasteiger partial charge in [-0.15, -0.1) is 0 Å². The number of fused-ring (bicyclic) bond motifs is 1. The molecular formula is C24H28FN3O2. The summed E-state index contributed by atoms with van der Waals surface area (Å²) < 4.78 is 14.2. The number of halogens is 1. The van der Waals surface area contributed by atoms with Gasteiger partial charge in [0.15, 0.2) is 0 Å². The van der Waals surface area contributed by atoms with E-state index < -0.39 is 0 Å². The van der Waals surface area contributed by atoms with Crippen LogP contribution in [0.15, 0.2) is 42.5 Å². The first kappa shape index (κ1) is 20.4. The number of carbonyl (C=O) groups is 2. The number of nitrogens with zero attached hydrogens (tertiary/aromatic N) is 2. The Balaban J connectivity index is 1.34. The van der Waals surface area contributed by atoms with E-state index in [4.69, 9.17) is 0 Å². The van der Waals surface area contributed by atoms with Gasteiger partial charge in [-0.3, -0.25) is 9.59 Å². The van der Waals surface area contributed by atoms with Crippen molar-refractivity contribution in [2.24, 2.45) is 5.92 Å². The van der Waals surface area contributed by atoms with Gasteiger partial charge < -0.3 is 15.1 Å². The normalized spacial score (nSPS) is 16.9. The van der Waals surface area contributed by atoms with E-state index >= 15 is 0 Å². The molecule has 1 N–H and O–H groups in total.